The molecule has 1 atom stereocenters. The molecule has 1 N–H and O–H groups in total. The summed E-state index contributed by atoms with van der Waals surface area (Å²) in [4.78, 5) is 1.49. The Morgan fingerprint density at radius 1 is 1.21 bits per heavy atom. The lowest BCUT2D eigenvalue weighted by atomic mass is 10.1. The monoisotopic (exact) mass is 319 g/mol. The molecule has 19 heavy (non-hydrogen) atoms. The van der Waals surface area contributed by atoms with Crippen molar-refractivity contribution in [3.63, 3.8) is 0 Å². The van der Waals surface area contributed by atoms with Gasteiger partial charge in [-0.15, -0.1) is 24.8 Å². The molecule has 0 bridgehead atoms. The van der Waals surface area contributed by atoms with E-state index in [1.165, 1.54) is 4.90 Å². The Bertz CT molecular complexity index is 376. The molecule has 8 heteroatoms. The molecule has 1 saturated heterocycles. The molecule has 0 aliphatic carbocycles. The number of aryl methyl sites for hydroxylation is 1. The first-order chi connectivity index (χ1) is 8.00. The maximum Gasteiger partial charge on any atom is 0.409 e. The van der Waals surface area contributed by atoms with E-state index >= 15 is 0 Å². The lowest BCUT2D eigenvalue weighted by molar-refractivity contribution is -0.189. The molecule has 0 unspecified atom stereocenters. The van der Waals surface area contributed by atoms with Crippen molar-refractivity contribution in [1.29, 1.82) is 0 Å². The molecule has 3 nitrogen and oxygen atoms in total. The summed E-state index contributed by atoms with van der Waals surface area (Å²) in [6.07, 6.45) is -2.58. The number of rotatable bonds is 2. The van der Waals surface area contributed by atoms with Gasteiger partial charge in [-0.05, 0) is 12.1 Å². The van der Waals surface area contributed by atoms with Crippen LogP contribution >= 0.6 is 24.8 Å². The highest BCUT2D eigenvalue weighted by molar-refractivity contribution is 5.85. The highest BCUT2D eigenvalue weighted by Crippen LogP contribution is 2.37. The number of halogens is 5. The smallest absolute Gasteiger partial charge is 0.353 e. The number of nitrogens with zero attached hydrogens (tertiary/aromatic N) is 2. The molecule has 1 aliphatic rings. The van der Waals surface area contributed by atoms with Crippen molar-refractivity contribution in [3.05, 3.63) is 24.0 Å². The van der Waals surface area contributed by atoms with Gasteiger partial charge in [-0.1, -0.05) is 0 Å². The summed E-state index contributed by atoms with van der Waals surface area (Å²) in [5.74, 6) is 0. The lowest BCUT2D eigenvalue weighted by Crippen LogP contribution is -2.49. The molecule has 0 spiro atoms. The highest BCUT2D eigenvalue weighted by Gasteiger charge is 2.45. The van der Waals surface area contributed by atoms with E-state index in [2.05, 4.69) is 5.32 Å². The average Bonchev–Trinajstić information content (AvgIpc) is 2.65. The van der Waals surface area contributed by atoms with Gasteiger partial charge in [-0.2, -0.15) is 13.2 Å². The zero-order valence-electron chi connectivity index (χ0n) is 10.5. The third-order valence-corrected chi connectivity index (χ3v) is 3.09. The van der Waals surface area contributed by atoms with Gasteiger partial charge < -0.3 is 9.88 Å². The van der Waals surface area contributed by atoms with Gasteiger partial charge in [0.2, 0.25) is 0 Å². The van der Waals surface area contributed by atoms with Gasteiger partial charge >= 0.3 is 6.18 Å². The molecule has 2 rings (SSSR count). The van der Waals surface area contributed by atoms with E-state index in [9.17, 15) is 13.2 Å². The van der Waals surface area contributed by atoms with Gasteiger partial charge in [-0.25, -0.2) is 0 Å². The van der Waals surface area contributed by atoms with E-state index in [-0.39, 0.29) is 24.8 Å². The first-order valence-electron chi connectivity index (χ1n) is 5.63. The lowest BCUT2D eigenvalue weighted by Gasteiger charge is -2.36. The molecular weight excluding hydrogens is 302 g/mol. The maximum absolute atomic E-state index is 13.2. The number of hydrogen-bond acceptors (Lipinski definition) is 2. The average molecular weight is 320 g/mol. The van der Waals surface area contributed by atoms with Crippen LogP contribution in [0.1, 0.15) is 11.7 Å². The third-order valence-electron chi connectivity index (χ3n) is 3.09. The molecule has 1 aliphatic heterocycles. The zero-order chi connectivity index (χ0) is 12.5. The molecule has 0 saturated carbocycles. The van der Waals surface area contributed by atoms with Gasteiger partial charge in [0.15, 0.2) is 0 Å². The van der Waals surface area contributed by atoms with E-state index in [0.29, 0.717) is 31.9 Å². The quantitative estimate of drug-likeness (QED) is 0.903. The Hall–Kier alpha value is -0.430. The zero-order valence-corrected chi connectivity index (χ0v) is 12.1. The molecule has 2 heterocycles. The predicted octanol–water partition coefficient (Wildman–Crippen LogP) is 2.38. The standard InChI is InChI=1S/C11H16F3N3.2ClH/c1-16-6-2-3-9(16)10(11(12,13)14)17-7-4-15-5-8-17;;/h2-3,6,10,15H,4-5,7-8H2,1H3;2*1H/t10-;;/m0../s1. The van der Waals surface area contributed by atoms with Crippen LogP contribution in [-0.2, 0) is 7.05 Å². The van der Waals surface area contributed by atoms with Crippen LogP contribution in [0.4, 0.5) is 13.2 Å². The fraction of sp³-hybridized carbons (Fsp3) is 0.636. The minimum absolute atomic E-state index is 0. The van der Waals surface area contributed by atoms with E-state index in [4.69, 9.17) is 0 Å². The molecule has 1 fully saturated rings. The van der Waals surface area contributed by atoms with Crippen LogP contribution in [0.25, 0.3) is 0 Å². The summed E-state index contributed by atoms with van der Waals surface area (Å²) in [6.45, 7) is 2.07. The highest BCUT2D eigenvalue weighted by atomic mass is 35.5. The van der Waals surface area contributed by atoms with E-state index < -0.39 is 12.2 Å². The van der Waals surface area contributed by atoms with Gasteiger partial charge in [0.25, 0.3) is 0 Å². The van der Waals surface area contributed by atoms with Crippen molar-refractivity contribution in [3.8, 4) is 0 Å². The normalized spacial score (nSPS) is 18.3. The summed E-state index contributed by atoms with van der Waals surface area (Å²) >= 11 is 0. The predicted molar refractivity (Wildman–Crippen MR) is 73.1 cm³/mol. The van der Waals surface area contributed by atoms with Crippen LogP contribution in [0.2, 0.25) is 0 Å². The number of alkyl halides is 3. The van der Waals surface area contributed by atoms with Crippen molar-refractivity contribution >= 4 is 24.8 Å². The van der Waals surface area contributed by atoms with Gasteiger partial charge in [0, 0.05) is 45.1 Å². The van der Waals surface area contributed by atoms with Crippen molar-refractivity contribution in [1.82, 2.24) is 14.8 Å². The molecule has 1 aromatic heterocycles. The second kappa shape index (κ2) is 7.38. The Balaban J connectivity index is 0.00000162. The van der Waals surface area contributed by atoms with Gasteiger partial charge in [0.1, 0.15) is 6.04 Å². The van der Waals surface area contributed by atoms with Crippen LogP contribution < -0.4 is 5.32 Å². The Kier molecular flexibility index (Phi) is 7.21. The largest absolute Gasteiger partial charge is 0.409 e. The maximum atomic E-state index is 13.2. The number of hydrogen-bond donors (Lipinski definition) is 1. The van der Waals surface area contributed by atoms with Crippen molar-refractivity contribution in [2.75, 3.05) is 26.2 Å². The van der Waals surface area contributed by atoms with E-state index in [1.54, 1.807) is 29.9 Å². The van der Waals surface area contributed by atoms with Crippen LogP contribution in [0, 0.1) is 0 Å². The van der Waals surface area contributed by atoms with Gasteiger partial charge in [0.05, 0.1) is 0 Å². The van der Waals surface area contributed by atoms with E-state index in [0.717, 1.165) is 0 Å². The van der Waals surface area contributed by atoms with Crippen molar-refractivity contribution in [2.24, 2.45) is 7.05 Å². The van der Waals surface area contributed by atoms with Crippen molar-refractivity contribution in [2.45, 2.75) is 12.2 Å². The molecule has 1 aromatic rings. The van der Waals surface area contributed by atoms with Gasteiger partial charge in [-0.3, -0.25) is 4.90 Å². The first kappa shape index (κ1) is 18.6. The molecule has 112 valence electrons. The topological polar surface area (TPSA) is 20.2 Å². The molecular formula is C11H18Cl2F3N3. The van der Waals surface area contributed by atoms with Crippen molar-refractivity contribution < 1.29 is 13.2 Å². The minimum atomic E-state index is -4.23. The second-order valence-electron chi connectivity index (χ2n) is 4.27. The minimum Gasteiger partial charge on any atom is -0.353 e. The number of piperazine rings is 1. The fourth-order valence-corrected chi connectivity index (χ4v) is 2.26. The summed E-state index contributed by atoms with van der Waals surface area (Å²) < 4.78 is 41.1. The Labute approximate surface area is 123 Å². The Morgan fingerprint density at radius 2 is 1.79 bits per heavy atom. The third kappa shape index (κ3) is 4.27. The summed E-state index contributed by atoms with van der Waals surface area (Å²) in [7, 11) is 1.65. The number of aromatic nitrogens is 1. The van der Waals surface area contributed by atoms with Crippen LogP contribution in [-0.4, -0.2) is 41.8 Å². The Morgan fingerprint density at radius 3 is 2.21 bits per heavy atom. The summed E-state index contributed by atoms with van der Waals surface area (Å²) in [5.41, 5.74) is 0.305. The molecule has 0 radical (unpaired) electrons. The fourth-order valence-electron chi connectivity index (χ4n) is 2.26. The van der Waals surface area contributed by atoms with Crippen LogP contribution in [0.3, 0.4) is 0 Å². The number of nitrogens with one attached hydrogen (secondary N) is 1. The van der Waals surface area contributed by atoms with Crippen LogP contribution in [0.15, 0.2) is 18.3 Å². The van der Waals surface area contributed by atoms with E-state index in [1.807, 2.05) is 0 Å². The molecule has 0 amide bonds. The SMILES string of the molecule is Cl.Cl.Cn1cccc1[C@H](N1CCNCC1)C(F)(F)F. The molecule has 0 aromatic carbocycles. The van der Waals surface area contributed by atoms with Crippen LogP contribution in [0.5, 0.6) is 0 Å². The summed E-state index contributed by atoms with van der Waals surface area (Å²) in [6, 6.07) is 1.70. The first-order valence-corrected chi connectivity index (χ1v) is 5.63. The second-order valence-corrected chi connectivity index (χ2v) is 4.27. The summed E-state index contributed by atoms with van der Waals surface area (Å²) in [5, 5.41) is 3.07.